The highest BCUT2D eigenvalue weighted by Gasteiger charge is 2.19. The van der Waals surface area contributed by atoms with Gasteiger partial charge >= 0.3 is 6.09 Å². The normalized spacial score (nSPS) is 14.9. The van der Waals surface area contributed by atoms with Crippen molar-refractivity contribution < 1.29 is 13.9 Å². The molecule has 1 fully saturated rings. The van der Waals surface area contributed by atoms with Crippen LogP contribution in [-0.2, 0) is 11.3 Å². The van der Waals surface area contributed by atoms with Crippen LogP contribution in [0.4, 0.5) is 9.18 Å². The summed E-state index contributed by atoms with van der Waals surface area (Å²) in [5.74, 6) is -0.275. The van der Waals surface area contributed by atoms with E-state index in [9.17, 15) is 9.18 Å². The predicted octanol–water partition coefficient (Wildman–Crippen LogP) is 4.44. The van der Waals surface area contributed by atoms with Gasteiger partial charge in [0.25, 0.3) is 0 Å². The lowest BCUT2D eigenvalue weighted by Crippen LogP contribution is -2.37. The van der Waals surface area contributed by atoms with E-state index < -0.39 is 0 Å². The fourth-order valence-corrected chi connectivity index (χ4v) is 3.69. The number of benzene rings is 2. The number of rotatable bonds is 3. The van der Waals surface area contributed by atoms with Crippen molar-refractivity contribution in [3.05, 3.63) is 53.8 Å². The van der Waals surface area contributed by atoms with Crippen molar-refractivity contribution in [2.24, 2.45) is 0 Å². The van der Waals surface area contributed by atoms with Crippen LogP contribution in [0, 0.1) is 5.82 Å². The van der Waals surface area contributed by atoms with E-state index in [-0.39, 0.29) is 11.9 Å². The Morgan fingerprint density at radius 1 is 1.21 bits per heavy atom. The van der Waals surface area contributed by atoms with Crippen LogP contribution in [-0.4, -0.2) is 29.1 Å². The van der Waals surface area contributed by atoms with E-state index in [4.69, 9.17) is 4.74 Å². The van der Waals surface area contributed by atoms with Gasteiger partial charge in [0.2, 0.25) is 0 Å². The van der Waals surface area contributed by atoms with Crippen LogP contribution in [0.5, 0.6) is 0 Å². The first-order chi connectivity index (χ1) is 11.7. The molecule has 1 aromatic heterocycles. The van der Waals surface area contributed by atoms with Gasteiger partial charge in [-0.05, 0) is 24.1 Å². The number of carbonyl (C=O) groups excluding carboxylic acids is 1. The summed E-state index contributed by atoms with van der Waals surface area (Å²) in [5.41, 5.74) is 2.71. The van der Waals surface area contributed by atoms with Crippen LogP contribution >= 0.6 is 11.3 Å². The van der Waals surface area contributed by atoms with E-state index in [1.165, 1.54) is 23.5 Å². The number of hydrogen-bond acceptors (Lipinski definition) is 4. The average molecular weight is 342 g/mol. The molecule has 0 atom stereocenters. The van der Waals surface area contributed by atoms with Crippen molar-refractivity contribution in [1.82, 2.24) is 9.88 Å². The van der Waals surface area contributed by atoms with E-state index in [0.29, 0.717) is 18.7 Å². The first-order valence-electron chi connectivity index (χ1n) is 7.76. The molecule has 1 aliphatic rings. The van der Waals surface area contributed by atoms with Crippen molar-refractivity contribution in [3.63, 3.8) is 0 Å². The van der Waals surface area contributed by atoms with Gasteiger partial charge in [0.05, 0.1) is 16.8 Å². The first kappa shape index (κ1) is 15.1. The van der Waals surface area contributed by atoms with Crippen molar-refractivity contribution in [3.8, 4) is 10.6 Å². The minimum Gasteiger partial charge on any atom is -0.449 e. The summed E-state index contributed by atoms with van der Waals surface area (Å²) in [6, 6.07) is 12.6. The molecule has 2 aromatic carbocycles. The number of hydrogen-bond donors (Lipinski definition) is 0. The van der Waals surface area contributed by atoms with E-state index >= 15 is 0 Å². The Kier molecular flexibility index (Phi) is 3.90. The highest BCUT2D eigenvalue weighted by atomic mass is 32.1. The highest BCUT2D eigenvalue weighted by molar-refractivity contribution is 7.21. The lowest BCUT2D eigenvalue weighted by atomic mass is 10.1. The Labute approximate surface area is 142 Å². The molecule has 122 valence electrons. The molecule has 2 heterocycles. The molecule has 3 aromatic rings. The molecule has 1 amide bonds. The average Bonchev–Trinajstić information content (AvgIpc) is 3.01. The van der Waals surface area contributed by atoms with Gasteiger partial charge in [-0.2, -0.15) is 0 Å². The summed E-state index contributed by atoms with van der Waals surface area (Å²) in [7, 11) is 0. The number of carbonyl (C=O) groups is 1. The standard InChI is InChI=1S/C18H15FN2O2S/c19-14-6-7-16-15(10-14)20-17(24-16)13-4-2-12(3-5-13)11-21-8-1-9-23-18(21)22/h2-7,10H,1,8-9,11H2. The highest BCUT2D eigenvalue weighted by Crippen LogP contribution is 2.30. The quantitative estimate of drug-likeness (QED) is 0.706. The molecule has 0 unspecified atom stereocenters. The summed E-state index contributed by atoms with van der Waals surface area (Å²) in [6.07, 6.45) is 0.616. The van der Waals surface area contributed by atoms with E-state index in [0.717, 1.165) is 33.8 Å². The Bertz CT molecular complexity index is 892. The van der Waals surface area contributed by atoms with Gasteiger partial charge < -0.3 is 9.64 Å². The Hall–Kier alpha value is -2.47. The SMILES string of the molecule is O=C1OCCCN1Cc1ccc(-c2nc3cc(F)ccc3s2)cc1. The lowest BCUT2D eigenvalue weighted by molar-refractivity contribution is 0.0700. The number of aromatic nitrogens is 1. The minimum atomic E-state index is -0.275. The third-order valence-electron chi connectivity index (χ3n) is 3.98. The lowest BCUT2D eigenvalue weighted by Gasteiger charge is -2.26. The zero-order valence-corrected chi connectivity index (χ0v) is 13.7. The Morgan fingerprint density at radius 2 is 2.04 bits per heavy atom. The number of amides is 1. The third kappa shape index (κ3) is 2.97. The summed E-state index contributed by atoms with van der Waals surface area (Å²) < 4.78 is 19.3. The molecule has 0 radical (unpaired) electrons. The molecular weight excluding hydrogens is 327 g/mol. The van der Waals surface area contributed by atoms with E-state index in [2.05, 4.69) is 4.98 Å². The van der Waals surface area contributed by atoms with Crippen molar-refractivity contribution in [2.75, 3.05) is 13.2 Å². The minimum absolute atomic E-state index is 0.251. The summed E-state index contributed by atoms with van der Waals surface area (Å²) >= 11 is 1.54. The molecular formula is C18H15FN2O2S. The molecule has 24 heavy (non-hydrogen) atoms. The number of thiazole rings is 1. The maximum atomic E-state index is 13.3. The third-order valence-corrected chi connectivity index (χ3v) is 5.07. The van der Waals surface area contributed by atoms with Gasteiger partial charge in [-0.3, -0.25) is 0 Å². The number of halogens is 1. The van der Waals surface area contributed by atoms with Gasteiger partial charge in [-0.1, -0.05) is 24.3 Å². The first-order valence-corrected chi connectivity index (χ1v) is 8.58. The van der Waals surface area contributed by atoms with Crippen LogP contribution in [0.2, 0.25) is 0 Å². The molecule has 1 aliphatic heterocycles. The van der Waals surface area contributed by atoms with E-state index in [1.807, 2.05) is 24.3 Å². The topological polar surface area (TPSA) is 42.4 Å². The molecule has 6 heteroatoms. The fourth-order valence-electron chi connectivity index (χ4n) is 2.74. The number of cyclic esters (lactones) is 1. The molecule has 0 N–H and O–H groups in total. The molecule has 1 saturated heterocycles. The second kappa shape index (κ2) is 6.20. The molecule has 0 spiro atoms. The second-order valence-corrected chi connectivity index (χ2v) is 6.75. The molecule has 0 bridgehead atoms. The van der Waals surface area contributed by atoms with Crippen molar-refractivity contribution in [2.45, 2.75) is 13.0 Å². The molecule has 4 nitrogen and oxygen atoms in total. The Morgan fingerprint density at radius 3 is 2.83 bits per heavy atom. The van der Waals surface area contributed by atoms with Crippen LogP contribution in [0.25, 0.3) is 20.8 Å². The van der Waals surface area contributed by atoms with Gasteiger partial charge in [0, 0.05) is 24.7 Å². The van der Waals surface area contributed by atoms with Crippen molar-refractivity contribution in [1.29, 1.82) is 0 Å². The number of ether oxygens (including phenoxy) is 1. The van der Waals surface area contributed by atoms with E-state index in [1.54, 1.807) is 11.0 Å². The van der Waals surface area contributed by atoms with Gasteiger partial charge in [-0.25, -0.2) is 14.2 Å². The molecule has 0 aliphatic carbocycles. The van der Waals surface area contributed by atoms with Crippen LogP contribution < -0.4 is 0 Å². The fraction of sp³-hybridized carbons (Fsp3) is 0.222. The molecule has 0 saturated carbocycles. The Balaban J connectivity index is 1.55. The number of fused-ring (bicyclic) bond motifs is 1. The van der Waals surface area contributed by atoms with Gasteiger partial charge in [0.15, 0.2) is 0 Å². The summed E-state index contributed by atoms with van der Waals surface area (Å²) in [4.78, 5) is 17.9. The number of nitrogens with zero attached hydrogens (tertiary/aromatic N) is 2. The maximum absolute atomic E-state index is 13.3. The van der Waals surface area contributed by atoms with Crippen molar-refractivity contribution >= 4 is 27.6 Å². The van der Waals surface area contributed by atoms with Crippen LogP contribution in [0.15, 0.2) is 42.5 Å². The maximum Gasteiger partial charge on any atom is 0.410 e. The second-order valence-electron chi connectivity index (χ2n) is 5.72. The van der Waals surface area contributed by atoms with Crippen LogP contribution in [0.1, 0.15) is 12.0 Å². The zero-order valence-electron chi connectivity index (χ0n) is 12.9. The van der Waals surface area contributed by atoms with Gasteiger partial charge in [-0.15, -0.1) is 11.3 Å². The monoisotopic (exact) mass is 342 g/mol. The summed E-state index contributed by atoms with van der Waals surface area (Å²) in [5, 5.41) is 0.861. The largest absolute Gasteiger partial charge is 0.449 e. The molecule has 4 rings (SSSR count). The zero-order chi connectivity index (χ0) is 16.5. The van der Waals surface area contributed by atoms with Gasteiger partial charge in [0.1, 0.15) is 10.8 Å². The van der Waals surface area contributed by atoms with Crippen LogP contribution in [0.3, 0.4) is 0 Å². The summed E-state index contributed by atoms with van der Waals surface area (Å²) in [6.45, 7) is 1.78. The predicted molar refractivity (Wildman–Crippen MR) is 91.4 cm³/mol. The smallest absolute Gasteiger partial charge is 0.410 e.